The lowest BCUT2D eigenvalue weighted by Gasteiger charge is -2.10. The van der Waals surface area contributed by atoms with Crippen LogP contribution in [-0.2, 0) is 4.79 Å². The topological polar surface area (TPSA) is 86.5 Å². The highest BCUT2D eigenvalue weighted by Gasteiger charge is 2.13. The second kappa shape index (κ2) is 6.93. The number of rotatable bonds is 6. The van der Waals surface area contributed by atoms with Crippen molar-refractivity contribution in [2.24, 2.45) is 0 Å². The lowest BCUT2D eigenvalue weighted by molar-refractivity contribution is -0.118. The number of methoxy groups -OCH3 is 1. The van der Waals surface area contributed by atoms with Crippen LogP contribution in [0.3, 0.4) is 0 Å². The number of aromatic nitrogens is 2. The van der Waals surface area contributed by atoms with E-state index in [9.17, 15) is 4.79 Å². The summed E-state index contributed by atoms with van der Waals surface area (Å²) in [5.41, 5.74) is 1.60. The Morgan fingerprint density at radius 2 is 2.18 bits per heavy atom. The van der Waals surface area contributed by atoms with E-state index in [0.29, 0.717) is 17.3 Å². The highest BCUT2D eigenvalue weighted by molar-refractivity contribution is 5.93. The first-order valence-corrected chi connectivity index (χ1v) is 6.90. The minimum atomic E-state index is -0.340. The van der Waals surface area contributed by atoms with Crippen LogP contribution in [0.5, 0.6) is 11.8 Å². The van der Waals surface area contributed by atoms with Gasteiger partial charge in [-0.25, -0.2) is 0 Å². The molecule has 0 aliphatic carbocycles. The zero-order valence-electron chi connectivity index (χ0n) is 13.0. The van der Waals surface area contributed by atoms with Gasteiger partial charge in [-0.1, -0.05) is 25.1 Å². The van der Waals surface area contributed by atoms with Gasteiger partial charge in [0.1, 0.15) is 5.75 Å². The zero-order valence-corrected chi connectivity index (χ0v) is 13.0. The van der Waals surface area contributed by atoms with Gasteiger partial charge in [0.25, 0.3) is 5.91 Å². The molecule has 0 atom stereocenters. The minimum absolute atomic E-state index is 0.0185. The lowest BCUT2D eigenvalue weighted by atomic mass is 10.2. The second-order valence-electron chi connectivity index (χ2n) is 5.11. The summed E-state index contributed by atoms with van der Waals surface area (Å²) in [4.78, 5) is 16.0. The Kier molecular flexibility index (Phi) is 4.98. The van der Waals surface area contributed by atoms with Gasteiger partial charge in [-0.05, 0) is 24.6 Å². The Morgan fingerprint density at radius 3 is 2.82 bits per heavy atom. The molecular weight excluding hydrogens is 286 g/mol. The molecule has 0 radical (unpaired) electrons. The van der Waals surface area contributed by atoms with Crippen LogP contribution in [0, 0.1) is 6.92 Å². The average Bonchev–Trinajstić information content (AvgIpc) is 2.94. The van der Waals surface area contributed by atoms with Gasteiger partial charge in [0.2, 0.25) is 0 Å². The molecule has 7 heteroatoms. The molecule has 0 bridgehead atoms. The standard InChI is InChI=1S/C15H19N3O4/c1-9(2)14-17-15(22-18-14)21-8-13(19)16-11-7-10(3)5-6-12(11)20-4/h5-7,9H,8H2,1-4H3,(H,16,19). The molecule has 0 unspecified atom stereocenters. The van der Waals surface area contributed by atoms with E-state index in [-0.39, 0.29) is 24.5 Å². The molecule has 7 nitrogen and oxygen atoms in total. The number of hydrogen-bond donors (Lipinski definition) is 1. The zero-order chi connectivity index (χ0) is 16.1. The molecule has 0 aliphatic rings. The number of amides is 1. The number of hydrogen-bond acceptors (Lipinski definition) is 6. The van der Waals surface area contributed by atoms with Gasteiger partial charge in [-0.2, -0.15) is 4.98 Å². The Balaban J connectivity index is 1.94. The van der Waals surface area contributed by atoms with E-state index < -0.39 is 0 Å². The Morgan fingerprint density at radius 1 is 1.41 bits per heavy atom. The van der Waals surface area contributed by atoms with Crippen LogP contribution in [0.2, 0.25) is 0 Å². The van der Waals surface area contributed by atoms with Gasteiger partial charge in [0, 0.05) is 5.92 Å². The Bertz CT molecular complexity index is 652. The molecule has 0 spiro atoms. The Hall–Kier alpha value is -2.57. The number of nitrogens with one attached hydrogen (secondary N) is 1. The predicted octanol–water partition coefficient (Wildman–Crippen LogP) is 2.53. The number of nitrogens with zero attached hydrogens (tertiary/aromatic N) is 2. The monoisotopic (exact) mass is 305 g/mol. The van der Waals surface area contributed by atoms with E-state index in [1.807, 2.05) is 32.9 Å². The molecule has 1 aromatic carbocycles. The summed E-state index contributed by atoms with van der Waals surface area (Å²) in [6, 6.07) is 5.51. The summed E-state index contributed by atoms with van der Waals surface area (Å²) in [6.07, 6.45) is -0.0185. The maximum absolute atomic E-state index is 11.9. The van der Waals surface area contributed by atoms with Crippen molar-refractivity contribution >= 4 is 11.6 Å². The Labute approximate surface area is 128 Å². The van der Waals surface area contributed by atoms with Gasteiger partial charge < -0.3 is 14.8 Å². The van der Waals surface area contributed by atoms with Crippen LogP contribution in [0.15, 0.2) is 22.7 Å². The smallest absolute Gasteiger partial charge is 0.417 e. The van der Waals surface area contributed by atoms with Crippen molar-refractivity contribution in [3.63, 3.8) is 0 Å². The van der Waals surface area contributed by atoms with Crippen molar-refractivity contribution in [2.45, 2.75) is 26.7 Å². The average molecular weight is 305 g/mol. The van der Waals surface area contributed by atoms with E-state index in [4.69, 9.17) is 14.0 Å². The van der Waals surface area contributed by atoms with Crippen LogP contribution >= 0.6 is 0 Å². The molecule has 2 rings (SSSR count). The molecular formula is C15H19N3O4. The van der Waals surface area contributed by atoms with Crippen LogP contribution < -0.4 is 14.8 Å². The van der Waals surface area contributed by atoms with Crippen LogP contribution in [0.25, 0.3) is 0 Å². The van der Waals surface area contributed by atoms with Gasteiger partial charge in [-0.15, -0.1) is 0 Å². The molecule has 2 aromatic rings. The van der Waals surface area contributed by atoms with Gasteiger partial charge in [0.05, 0.1) is 12.8 Å². The summed E-state index contributed by atoms with van der Waals surface area (Å²) >= 11 is 0. The van der Waals surface area contributed by atoms with Crippen molar-refractivity contribution in [1.82, 2.24) is 10.1 Å². The van der Waals surface area contributed by atoms with E-state index in [2.05, 4.69) is 15.5 Å². The second-order valence-corrected chi connectivity index (χ2v) is 5.11. The SMILES string of the molecule is COc1ccc(C)cc1NC(=O)COc1nc(C(C)C)no1. The number of carbonyl (C=O) groups excluding carboxylic acids is 1. The van der Waals surface area contributed by atoms with Crippen molar-refractivity contribution in [3.8, 4) is 11.8 Å². The fraction of sp³-hybridized carbons (Fsp3) is 0.400. The fourth-order valence-corrected chi connectivity index (χ4v) is 1.75. The number of aryl methyl sites for hydroxylation is 1. The summed E-state index contributed by atoms with van der Waals surface area (Å²) in [5.74, 6) is 0.911. The van der Waals surface area contributed by atoms with Gasteiger partial charge >= 0.3 is 6.08 Å². The number of benzene rings is 1. The van der Waals surface area contributed by atoms with Crippen molar-refractivity contribution < 1.29 is 18.8 Å². The molecule has 1 N–H and O–H groups in total. The van der Waals surface area contributed by atoms with Crippen LogP contribution in [0.1, 0.15) is 31.2 Å². The molecule has 1 heterocycles. The van der Waals surface area contributed by atoms with Crippen molar-refractivity contribution in [3.05, 3.63) is 29.6 Å². The highest BCUT2D eigenvalue weighted by atomic mass is 16.6. The predicted molar refractivity (Wildman–Crippen MR) is 80.2 cm³/mol. The van der Waals surface area contributed by atoms with E-state index in [0.717, 1.165) is 5.56 Å². The highest BCUT2D eigenvalue weighted by Crippen LogP contribution is 2.25. The largest absolute Gasteiger partial charge is 0.495 e. The molecule has 1 aromatic heterocycles. The molecule has 0 aliphatic heterocycles. The first kappa shape index (κ1) is 15.8. The van der Waals surface area contributed by atoms with E-state index in [1.165, 1.54) is 0 Å². The normalized spacial score (nSPS) is 10.6. The van der Waals surface area contributed by atoms with Gasteiger partial charge in [0.15, 0.2) is 12.4 Å². The third-order valence-electron chi connectivity index (χ3n) is 2.90. The number of ether oxygens (including phenoxy) is 2. The first-order valence-electron chi connectivity index (χ1n) is 6.90. The molecule has 0 saturated carbocycles. The minimum Gasteiger partial charge on any atom is -0.495 e. The third-order valence-corrected chi connectivity index (χ3v) is 2.90. The van der Waals surface area contributed by atoms with Crippen molar-refractivity contribution in [1.29, 1.82) is 0 Å². The maximum Gasteiger partial charge on any atom is 0.417 e. The molecule has 0 fully saturated rings. The molecule has 22 heavy (non-hydrogen) atoms. The third kappa shape index (κ3) is 3.97. The van der Waals surface area contributed by atoms with Gasteiger partial charge in [-0.3, -0.25) is 9.32 Å². The quantitative estimate of drug-likeness (QED) is 0.882. The van der Waals surface area contributed by atoms with Crippen LogP contribution in [-0.4, -0.2) is 29.8 Å². The summed E-state index contributed by atoms with van der Waals surface area (Å²) in [6.45, 7) is 5.57. The molecule has 118 valence electrons. The summed E-state index contributed by atoms with van der Waals surface area (Å²) in [5, 5.41) is 6.48. The van der Waals surface area contributed by atoms with Crippen LogP contribution in [0.4, 0.5) is 5.69 Å². The first-order chi connectivity index (χ1) is 10.5. The molecule has 1 amide bonds. The molecule has 0 saturated heterocycles. The van der Waals surface area contributed by atoms with Crippen molar-refractivity contribution in [2.75, 3.05) is 19.0 Å². The number of carbonyl (C=O) groups is 1. The fourth-order valence-electron chi connectivity index (χ4n) is 1.75. The maximum atomic E-state index is 11.9. The number of anilines is 1. The summed E-state index contributed by atoms with van der Waals surface area (Å²) in [7, 11) is 1.54. The summed E-state index contributed by atoms with van der Waals surface area (Å²) < 4.78 is 15.3. The van der Waals surface area contributed by atoms with E-state index >= 15 is 0 Å². The van der Waals surface area contributed by atoms with E-state index in [1.54, 1.807) is 13.2 Å². The lowest BCUT2D eigenvalue weighted by Crippen LogP contribution is -2.20.